The molecule has 1 amide bonds. The summed E-state index contributed by atoms with van der Waals surface area (Å²) in [6, 6.07) is 8.89. The molecule has 1 fully saturated rings. The lowest BCUT2D eigenvalue weighted by molar-refractivity contribution is -0.136. The van der Waals surface area contributed by atoms with Gasteiger partial charge in [0.25, 0.3) is 0 Å². The Morgan fingerprint density at radius 3 is 2.26 bits per heavy atom. The van der Waals surface area contributed by atoms with E-state index in [1.54, 1.807) is 0 Å². The minimum absolute atomic E-state index is 0. The van der Waals surface area contributed by atoms with Crippen LogP contribution in [0.1, 0.15) is 64.6 Å². The van der Waals surface area contributed by atoms with E-state index in [0.717, 1.165) is 19.4 Å². The normalized spacial score (nSPS) is 20.8. The summed E-state index contributed by atoms with van der Waals surface area (Å²) in [5.41, 5.74) is 8.64. The number of amides is 1. The third-order valence-electron chi connectivity index (χ3n) is 4.88. The van der Waals surface area contributed by atoms with Crippen LogP contribution in [0.25, 0.3) is 0 Å². The molecule has 3 nitrogen and oxygen atoms in total. The van der Waals surface area contributed by atoms with Gasteiger partial charge in [0.1, 0.15) is 0 Å². The van der Waals surface area contributed by atoms with Gasteiger partial charge in [-0.3, -0.25) is 4.79 Å². The second-order valence-electron chi connectivity index (χ2n) is 7.71. The maximum atomic E-state index is 12.6. The Kier molecular flexibility index (Phi) is 6.67. The van der Waals surface area contributed by atoms with E-state index in [-0.39, 0.29) is 41.7 Å². The number of halogens is 1. The second kappa shape index (κ2) is 7.67. The molecule has 3 atom stereocenters. The van der Waals surface area contributed by atoms with Crippen LogP contribution in [0.3, 0.4) is 0 Å². The third kappa shape index (κ3) is 4.48. The van der Waals surface area contributed by atoms with Gasteiger partial charge in [-0.15, -0.1) is 12.4 Å². The van der Waals surface area contributed by atoms with Gasteiger partial charge < -0.3 is 10.6 Å². The Labute approximate surface area is 147 Å². The van der Waals surface area contributed by atoms with Crippen LogP contribution in [0.2, 0.25) is 0 Å². The summed E-state index contributed by atoms with van der Waals surface area (Å²) < 4.78 is 0. The number of nitrogens with zero attached hydrogens (tertiary/aromatic N) is 1. The molecule has 1 aliphatic rings. The summed E-state index contributed by atoms with van der Waals surface area (Å²) in [5, 5.41) is 0. The van der Waals surface area contributed by atoms with Crippen LogP contribution in [0.5, 0.6) is 0 Å². The molecule has 0 aliphatic carbocycles. The molecule has 1 saturated heterocycles. The minimum atomic E-state index is -0.116. The third-order valence-corrected chi connectivity index (χ3v) is 4.88. The number of benzene rings is 1. The summed E-state index contributed by atoms with van der Waals surface area (Å²) in [7, 11) is 0. The molecule has 0 aromatic heterocycles. The van der Waals surface area contributed by atoms with E-state index >= 15 is 0 Å². The average Bonchev–Trinajstić information content (AvgIpc) is 2.94. The Bertz CT molecular complexity index is 519. The molecule has 130 valence electrons. The van der Waals surface area contributed by atoms with Crippen LogP contribution in [0, 0.1) is 5.92 Å². The standard InChI is InChI=1S/C19H30N2O.ClH/c1-13(14(2)20)18(22)21-12-6-7-17(21)15-8-10-16(11-9-15)19(3,4)5;/h8-11,13-14,17H,6-7,12,20H2,1-5H3;1H. The molecule has 4 heteroatoms. The van der Waals surface area contributed by atoms with Crippen molar-refractivity contribution in [1.29, 1.82) is 0 Å². The van der Waals surface area contributed by atoms with Crippen molar-refractivity contribution < 1.29 is 4.79 Å². The topological polar surface area (TPSA) is 46.3 Å². The first kappa shape index (κ1) is 20.0. The van der Waals surface area contributed by atoms with Gasteiger partial charge in [-0.25, -0.2) is 0 Å². The van der Waals surface area contributed by atoms with Crippen LogP contribution >= 0.6 is 12.4 Å². The first-order chi connectivity index (χ1) is 10.2. The highest BCUT2D eigenvalue weighted by molar-refractivity contribution is 5.85. The summed E-state index contributed by atoms with van der Waals surface area (Å²) >= 11 is 0. The van der Waals surface area contributed by atoms with Crippen molar-refractivity contribution in [2.75, 3.05) is 6.54 Å². The maximum Gasteiger partial charge on any atom is 0.227 e. The molecule has 2 rings (SSSR count). The molecule has 0 bridgehead atoms. The van der Waals surface area contributed by atoms with Crippen molar-refractivity contribution in [3.05, 3.63) is 35.4 Å². The predicted octanol–water partition coefficient (Wildman–Crippen LogP) is 4.05. The van der Waals surface area contributed by atoms with Gasteiger partial charge in [-0.2, -0.15) is 0 Å². The molecule has 1 aromatic carbocycles. The molecule has 2 N–H and O–H groups in total. The highest BCUT2D eigenvalue weighted by atomic mass is 35.5. The van der Waals surface area contributed by atoms with Gasteiger partial charge in [-0.05, 0) is 36.3 Å². The number of nitrogens with two attached hydrogens (primary N) is 1. The van der Waals surface area contributed by atoms with E-state index in [0.29, 0.717) is 0 Å². The maximum absolute atomic E-state index is 12.6. The van der Waals surface area contributed by atoms with Crippen LogP contribution in [0.15, 0.2) is 24.3 Å². The molecule has 0 spiro atoms. The number of carbonyl (C=O) groups is 1. The van der Waals surface area contributed by atoms with Gasteiger partial charge >= 0.3 is 0 Å². The monoisotopic (exact) mass is 338 g/mol. The van der Waals surface area contributed by atoms with Crippen LogP contribution in [-0.2, 0) is 10.2 Å². The SMILES string of the molecule is CC(N)C(C)C(=O)N1CCCC1c1ccc(C(C)(C)C)cc1.Cl. The minimum Gasteiger partial charge on any atom is -0.335 e. The Morgan fingerprint density at radius 1 is 1.22 bits per heavy atom. The van der Waals surface area contributed by atoms with Crippen molar-refractivity contribution in [3.63, 3.8) is 0 Å². The molecular formula is C19H31ClN2O. The first-order valence-electron chi connectivity index (χ1n) is 8.38. The summed E-state index contributed by atoms with van der Waals surface area (Å²) in [5.74, 6) is 0.0758. The number of hydrogen-bond acceptors (Lipinski definition) is 2. The molecule has 1 aliphatic heterocycles. The average molecular weight is 339 g/mol. The number of carbonyl (C=O) groups excluding carboxylic acids is 1. The second-order valence-corrected chi connectivity index (χ2v) is 7.71. The van der Waals surface area contributed by atoms with Crippen LogP contribution < -0.4 is 5.73 Å². The predicted molar refractivity (Wildman–Crippen MR) is 98.9 cm³/mol. The van der Waals surface area contributed by atoms with E-state index in [1.165, 1.54) is 11.1 Å². The highest BCUT2D eigenvalue weighted by Gasteiger charge is 2.33. The molecule has 3 unspecified atom stereocenters. The fourth-order valence-corrected chi connectivity index (χ4v) is 3.07. The van der Waals surface area contributed by atoms with Crippen molar-refractivity contribution in [2.24, 2.45) is 11.7 Å². The molecule has 0 radical (unpaired) electrons. The Balaban J connectivity index is 0.00000264. The van der Waals surface area contributed by atoms with Gasteiger partial charge in [0.2, 0.25) is 5.91 Å². The van der Waals surface area contributed by atoms with Crippen molar-refractivity contribution in [2.45, 2.75) is 65.0 Å². The van der Waals surface area contributed by atoms with Gasteiger partial charge in [-0.1, -0.05) is 52.0 Å². The number of likely N-dealkylation sites (tertiary alicyclic amines) is 1. The Morgan fingerprint density at radius 2 is 1.78 bits per heavy atom. The number of hydrogen-bond donors (Lipinski definition) is 1. The summed E-state index contributed by atoms with van der Waals surface area (Å²) in [4.78, 5) is 14.7. The molecular weight excluding hydrogens is 308 g/mol. The first-order valence-corrected chi connectivity index (χ1v) is 8.38. The zero-order chi connectivity index (χ0) is 16.5. The van der Waals surface area contributed by atoms with E-state index in [2.05, 4.69) is 45.0 Å². The van der Waals surface area contributed by atoms with Gasteiger partial charge in [0.15, 0.2) is 0 Å². The molecule has 1 heterocycles. The largest absolute Gasteiger partial charge is 0.335 e. The number of rotatable bonds is 3. The lowest BCUT2D eigenvalue weighted by Gasteiger charge is -2.29. The molecule has 1 aromatic rings. The van der Waals surface area contributed by atoms with E-state index in [4.69, 9.17) is 5.73 Å². The van der Waals surface area contributed by atoms with E-state index < -0.39 is 0 Å². The lowest BCUT2D eigenvalue weighted by atomic mass is 9.86. The quantitative estimate of drug-likeness (QED) is 0.903. The molecule has 23 heavy (non-hydrogen) atoms. The van der Waals surface area contributed by atoms with Gasteiger partial charge in [0, 0.05) is 12.6 Å². The fraction of sp³-hybridized carbons (Fsp3) is 0.632. The fourth-order valence-electron chi connectivity index (χ4n) is 3.07. The Hall–Kier alpha value is -1.06. The van der Waals surface area contributed by atoms with Crippen molar-refractivity contribution in [1.82, 2.24) is 4.90 Å². The highest BCUT2D eigenvalue weighted by Crippen LogP contribution is 2.34. The van der Waals surface area contributed by atoms with Crippen LogP contribution in [0.4, 0.5) is 0 Å². The smallest absolute Gasteiger partial charge is 0.227 e. The zero-order valence-electron chi connectivity index (χ0n) is 15.0. The summed E-state index contributed by atoms with van der Waals surface area (Å²) in [6.45, 7) is 11.4. The van der Waals surface area contributed by atoms with Crippen LogP contribution in [-0.4, -0.2) is 23.4 Å². The summed E-state index contributed by atoms with van der Waals surface area (Å²) in [6.07, 6.45) is 2.12. The molecule has 0 saturated carbocycles. The van der Waals surface area contributed by atoms with Crippen molar-refractivity contribution >= 4 is 18.3 Å². The van der Waals surface area contributed by atoms with Gasteiger partial charge in [0.05, 0.1) is 12.0 Å². The lowest BCUT2D eigenvalue weighted by Crippen LogP contribution is -2.41. The van der Waals surface area contributed by atoms with E-state index in [9.17, 15) is 4.79 Å². The van der Waals surface area contributed by atoms with Crippen molar-refractivity contribution in [3.8, 4) is 0 Å². The zero-order valence-corrected chi connectivity index (χ0v) is 15.8. The van der Waals surface area contributed by atoms with E-state index in [1.807, 2.05) is 18.7 Å².